The predicted molar refractivity (Wildman–Crippen MR) is 85.1 cm³/mol. The van der Waals surface area contributed by atoms with Crippen molar-refractivity contribution in [2.75, 3.05) is 18.6 Å². The summed E-state index contributed by atoms with van der Waals surface area (Å²) in [4.78, 5) is 11.9. The highest BCUT2D eigenvalue weighted by molar-refractivity contribution is 7.98. The van der Waals surface area contributed by atoms with E-state index in [1.165, 1.54) is 6.07 Å². The molecule has 0 aromatic heterocycles. The third-order valence-electron chi connectivity index (χ3n) is 3.04. The van der Waals surface area contributed by atoms with Crippen LogP contribution in [-0.4, -0.2) is 41.8 Å². The van der Waals surface area contributed by atoms with Crippen LogP contribution in [0.4, 0.5) is 9.18 Å². The lowest BCUT2D eigenvalue weighted by Gasteiger charge is -2.20. The van der Waals surface area contributed by atoms with Crippen LogP contribution in [0.5, 0.6) is 0 Å². The molecule has 2 atom stereocenters. The zero-order chi connectivity index (χ0) is 15.7. The number of hydrogen-bond donors (Lipinski definition) is 3. The van der Waals surface area contributed by atoms with Crippen molar-refractivity contribution in [3.05, 3.63) is 35.6 Å². The molecule has 0 radical (unpaired) electrons. The number of urea groups is 1. The minimum Gasteiger partial charge on any atom is -0.396 e. The maximum atomic E-state index is 13.5. The molecule has 1 rings (SSSR count). The molecule has 6 heteroatoms. The zero-order valence-corrected chi connectivity index (χ0v) is 13.3. The molecule has 0 fully saturated rings. The summed E-state index contributed by atoms with van der Waals surface area (Å²) in [5.41, 5.74) is 0.585. The van der Waals surface area contributed by atoms with Gasteiger partial charge in [-0.25, -0.2) is 9.18 Å². The average Bonchev–Trinajstić information content (AvgIpc) is 2.41. The molecule has 1 aromatic carbocycles. The molecule has 2 amide bonds. The van der Waals surface area contributed by atoms with Crippen LogP contribution in [-0.2, 0) is 6.42 Å². The monoisotopic (exact) mass is 314 g/mol. The van der Waals surface area contributed by atoms with Crippen LogP contribution < -0.4 is 10.6 Å². The van der Waals surface area contributed by atoms with E-state index < -0.39 is 0 Å². The molecule has 3 N–H and O–H groups in total. The number of amides is 2. The molecule has 0 aliphatic carbocycles. The number of aliphatic hydroxyl groups is 1. The fourth-order valence-electron chi connectivity index (χ4n) is 2.05. The van der Waals surface area contributed by atoms with E-state index >= 15 is 0 Å². The van der Waals surface area contributed by atoms with Crippen molar-refractivity contribution in [1.82, 2.24) is 10.6 Å². The Morgan fingerprint density at radius 3 is 2.71 bits per heavy atom. The maximum absolute atomic E-state index is 13.5. The van der Waals surface area contributed by atoms with E-state index in [0.717, 1.165) is 5.75 Å². The van der Waals surface area contributed by atoms with Gasteiger partial charge in [0, 0.05) is 24.4 Å². The van der Waals surface area contributed by atoms with Gasteiger partial charge >= 0.3 is 6.03 Å². The van der Waals surface area contributed by atoms with Crippen LogP contribution in [0.25, 0.3) is 0 Å². The number of rotatable bonds is 8. The summed E-state index contributed by atoms with van der Waals surface area (Å²) in [7, 11) is 0. The lowest BCUT2D eigenvalue weighted by Crippen LogP contribution is -2.47. The van der Waals surface area contributed by atoms with Crippen LogP contribution >= 0.6 is 11.8 Å². The van der Waals surface area contributed by atoms with Crippen LogP contribution in [0.3, 0.4) is 0 Å². The zero-order valence-electron chi connectivity index (χ0n) is 12.4. The second-order valence-corrected chi connectivity index (χ2v) is 5.89. The molecule has 0 saturated carbocycles. The van der Waals surface area contributed by atoms with Crippen molar-refractivity contribution < 1.29 is 14.3 Å². The van der Waals surface area contributed by atoms with Gasteiger partial charge in [0.15, 0.2) is 0 Å². The lowest BCUT2D eigenvalue weighted by atomic mass is 10.1. The number of thioether (sulfide) groups is 1. The Labute approximate surface area is 129 Å². The Bertz CT molecular complexity index is 439. The van der Waals surface area contributed by atoms with Crippen molar-refractivity contribution in [3.63, 3.8) is 0 Å². The van der Waals surface area contributed by atoms with Crippen LogP contribution in [0, 0.1) is 5.82 Å². The maximum Gasteiger partial charge on any atom is 0.315 e. The van der Waals surface area contributed by atoms with Crippen LogP contribution in [0.15, 0.2) is 24.3 Å². The minimum absolute atomic E-state index is 0.0380. The van der Waals surface area contributed by atoms with Crippen molar-refractivity contribution in [2.24, 2.45) is 0 Å². The van der Waals surface area contributed by atoms with Gasteiger partial charge in [-0.3, -0.25) is 0 Å². The smallest absolute Gasteiger partial charge is 0.315 e. The third kappa shape index (κ3) is 6.82. The van der Waals surface area contributed by atoms with Gasteiger partial charge in [0.1, 0.15) is 5.82 Å². The van der Waals surface area contributed by atoms with Gasteiger partial charge in [-0.1, -0.05) is 18.2 Å². The van der Waals surface area contributed by atoms with Crippen LogP contribution in [0.1, 0.15) is 18.9 Å². The minimum atomic E-state index is -0.286. The van der Waals surface area contributed by atoms with E-state index in [9.17, 15) is 9.18 Å². The average molecular weight is 314 g/mol. The second kappa shape index (κ2) is 9.63. The fourth-order valence-corrected chi connectivity index (χ4v) is 2.70. The number of carbonyl (C=O) groups is 1. The molecule has 4 nitrogen and oxygen atoms in total. The summed E-state index contributed by atoms with van der Waals surface area (Å²) in [5.74, 6) is 0.488. The number of halogens is 1. The summed E-state index contributed by atoms with van der Waals surface area (Å²) in [6, 6.07) is 6.03. The highest BCUT2D eigenvalue weighted by atomic mass is 32.2. The number of hydrogen-bond acceptors (Lipinski definition) is 3. The largest absolute Gasteiger partial charge is 0.396 e. The first-order valence-corrected chi connectivity index (χ1v) is 8.36. The van der Waals surface area contributed by atoms with E-state index in [1.807, 2.05) is 13.2 Å². The summed E-state index contributed by atoms with van der Waals surface area (Å²) >= 11 is 1.61. The molecular formula is C15H23FN2O2S. The summed E-state index contributed by atoms with van der Waals surface area (Å²) < 4.78 is 13.5. The van der Waals surface area contributed by atoms with E-state index in [4.69, 9.17) is 5.11 Å². The first kappa shape index (κ1) is 17.8. The third-order valence-corrected chi connectivity index (χ3v) is 3.78. The molecule has 0 spiro atoms. The Morgan fingerprint density at radius 1 is 1.38 bits per heavy atom. The standard InChI is InChI=1S/C15H23FN2O2S/c1-11(9-12-5-3-4-6-14(12)16)17-15(20)18-13(7-8-19)10-21-2/h3-6,11,13,19H,7-10H2,1-2H3,(H2,17,18,20). The molecular weight excluding hydrogens is 291 g/mol. The summed E-state index contributed by atoms with van der Waals surface area (Å²) in [6.45, 7) is 1.87. The predicted octanol–water partition coefficient (Wildman–Crippen LogP) is 2.17. The highest BCUT2D eigenvalue weighted by Gasteiger charge is 2.14. The van der Waals surface area contributed by atoms with E-state index in [0.29, 0.717) is 18.4 Å². The first-order valence-electron chi connectivity index (χ1n) is 6.97. The SMILES string of the molecule is CSCC(CCO)NC(=O)NC(C)Cc1ccccc1F. The van der Waals surface area contributed by atoms with Gasteiger partial charge in [-0.2, -0.15) is 11.8 Å². The van der Waals surface area contributed by atoms with Gasteiger partial charge in [-0.05, 0) is 37.7 Å². The van der Waals surface area contributed by atoms with Gasteiger partial charge < -0.3 is 15.7 Å². The number of benzene rings is 1. The van der Waals surface area contributed by atoms with E-state index in [-0.39, 0.29) is 30.5 Å². The molecule has 1 aromatic rings. The fraction of sp³-hybridized carbons (Fsp3) is 0.533. The second-order valence-electron chi connectivity index (χ2n) is 4.98. The van der Waals surface area contributed by atoms with Gasteiger partial charge in [0.05, 0.1) is 0 Å². The van der Waals surface area contributed by atoms with E-state index in [2.05, 4.69) is 10.6 Å². The number of carbonyl (C=O) groups excluding carboxylic acids is 1. The molecule has 118 valence electrons. The van der Waals surface area contributed by atoms with Gasteiger partial charge in [-0.15, -0.1) is 0 Å². The number of nitrogens with one attached hydrogen (secondary N) is 2. The Hall–Kier alpha value is -1.27. The molecule has 0 bridgehead atoms. The Kier molecular flexibility index (Phi) is 8.15. The van der Waals surface area contributed by atoms with Crippen molar-refractivity contribution in [1.29, 1.82) is 0 Å². The highest BCUT2D eigenvalue weighted by Crippen LogP contribution is 2.09. The van der Waals surface area contributed by atoms with E-state index in [1.54, 1.807) is 30.0 Å². The number of aliphatic hydroxyl groups excluding tert-OH is 1. The molecule has 0 aliphatic heterocycles. The van der Waals surface area contributed by atoms with Crippen molar-refractivity contribution in [3.8, 4) is 0 Å². The Balaban J connectivity index is 2.44. The Morgan fingerprint density at radius 2 is 2.10 bits per heavy atom. The van der Waals surface area contributed by atoms with Crippen LogP contribution in [0.2, 0.25) is 0 Å². The lowest BCUT2D eigenvalue weighted by molar-refractivity contribution is 0.228. The molecule has 0 saturated heterocycles. The summed E-state index contributed by atoms with van der Waals surface area (Å²) in [5, 5.41) is 14.6. The quantitative estimate of drug-likeness (QED) is 0.689. The molecule has 2 unspecified atom stereocenters. The normalized spacial score (nSPS) is 13.5. The van der Waals surface area contributed by atoms with Crippen molar-refractivity contribution in [2.45, 2.75) is 31.8 Å². The first-order chi connectivity index (χ1) is 10.1. The topological polar surface area (TPSA) is 61.4 Å². The van der Waals surface area contributed by atoms with Gasteiger partial charge in [0.2, 0.25) is 0 Å². The molecule has 0 heterocycles. The van der Waals surface area contributed by atoms with Crippen molar-refractivity contribution >= 4 is 17.8 Å². The van der Waals surface area contributed by atoms with Gasteiger partial charge in [0.25, 0.3) is 0 Å². The molecule has 21 heavy (non-hydrogen) atoms. The summed E-state index contributed by atoms with van der Waals surface area (Å²) in [6.07, 6.45) is 2.91. The molecule has 0 aliphatic rings.